The van der Waals surface area contributed by atoms with E-state index in [0.29, 0.717) is 5.56 Å². The average Bonchev–Trinajstić information content (AvgIpc) is 3.08. The number of thioether (sulfide) groups is 1. The minimum atomic E-state index is 0.230. The Hall–Kier alpha value is -1.21. The molecule has 1 saturated carbocycles. The fourth-order valence-electron chi connectivity index (χ4n) is 1.63. The van der Waals surface area contributed by atoms with Crippen LogP contribution in [0.3, 0.4) is 0 Å². The van der Waals surface area contributed by atoms with Gasteiger partial charge in [-0.05, 0) is 24.7 Å². The Balaban J connectivity index is 2.06. The SMILES string of the molecule is CCSCC1(Nc2ccncc2C#N)CC1. The van der Waals surface area contributed by atoms with Gasteiger partial charge in [0.05, 0.1) is 11.3 Å². The third-order valence-corrected chi connectivity index (χ3v) is 3.94. The van der Waals surface area contributed by atoms with Crippen LogP contribution in [0.5, 0.6) is 0 Å². The van der Waals surface area contributed by atoms with E-state index >= 15 is 0 Å². The number of nitriles is 1. The van der Waals surface area contributed by atoms with Crippen LogP contribution in [0.15, 0.2) is 18.5 Å². The van der Waals surface area contributed by atoms with Gasteiger partial charge in [-0.1, -0.05) is 6.92 Å². The van der Waals surface area contributed by atoms with Crippen LogP contribution in [0.1, 0.15) is 25.3 Å². The molecule has 0 aromatic carbocycles. The number of rotatable bonds is 5. The Morgan fingerprint density at radius 3 is 3.06 bits per heavy atom. The minimum absolute atomic E-state index is 0.230. The highest BCUT2D eigenvalue weighted by atomic mass is 32.2. The third-order valence-electron chi connectivity index (χ3n) is 2.78. The summed E-state index contributed by atoms with van der Waals surface area (Å²) < 4.78 is 0. The van der Waals surface area contributed by atoms with Crippen molar-refractivity contribution in [3.05, 3.63) is 24.0 Å². The van der Waals surface area contributed by atoms with Gasteiger partial charge in [0.15, 0.2) is 0 Å². The molecule has 0 bridgehead atoms. The average molecular weight is 233 g/mol. The summed E-state index contributed by atoms with van der Waals surface area (Å²) >= 11 is 1.95. The van der Waals surface area contributed by atoms with Gasteiger partial charge < -0.3 is 5.32 Å². The van der Waals surface area contributed by atoms with Gasteiger partial charge in [-0.2, -0.15) is 17.0 Å². The van der Waals surface area contributed by atoms with Crippen LogP contribution >= 0.6 is 11.8 Å². The van der Waals surface area contributed by atoms with Crippen LogP contribution in [0.4, 0.5) is 5.69 Å². The summed E-state index contributed by atoms with van der Waals surface area (Å²) in [6.45, 7) is 2.17. The molecule has 0 unspecified atom stereocenters. The Kier molecular flexibility index (Phi) is 3.35. The van der Waals surface area contributed by atoms with E-state index in [1.54, 1.807) is 12.4 Å². The molecule has 1 aliphatic rings. The van der Waals surface area contributed by atoms with Crippen LogP contribution < -0.4 is 5.32 Å². The second-order valence-electron chi connectivity index (χ2n) is 4.08. The van der Waals surface area contributed by atoms with E-state index in [2.05, 4.69) is 23.3 Å². The molecule has 84 valence electrons. The maximum Gasteiger partial charge on any atom is 0.103 e. The molecule has 2 rings (SSSR count). The fraction of sp³-hybridized carbons (Fsp3) is 0.500. The van der Waals surface area contributed by atoms with Crippen molar-refractivity contribution in [2.75, 3.05) is 16.8 Å². The molecular formula is C12H15N3S. The number of pyridine rings is 1. The van der Waals surface area contributed by atoms with Crippen molar-refractivity contribution in [3.8, 4) is 6.07 Å². The molecular weight excluding hydrogens is 218 g/mol. The van der Waals surface area contributed by atoms with Crippen molar-refractivity contribution < 1.29 is 0 Å². The van der Waals surface area contributed by atoms with Crippen LogP contribution in [-0.4, -0.2) is 22.0 Å². The summed E-state index contributed by atoms with van der Waals surface area (Å²) in [5.41, 5.74) is 1.79. The molecule has 0 saturated heterocycles. The molecule has 16 heavy (non-hydrogen) atoms. The van der Waals surface area contributed by atoms with E-state index in [1.165, 1.54) is 12.8 Å². The molecule has 0 radical (unpaired) electrons. The fourth-order valence-corrected chi connectivity index (χ4v) is 2.59. The summed E-state index contributed by atoms with van der Waals surface area (Å²) in [4.78, 5) is 3.96. The van der Waals surface area contributed by atoms with Crippen molar-refractivity contribution in [3.63, 3.8) is 0 Å². The second-order valence-corrected chi connectivity index (χ2v) is 5.35. The summed E-state index contributed by atoms with van der Waals surface area (Å²) in [5, 5.41) is 12.5. The normalized spacial score (nSPS) is 16.5. The molecule has 1 aromatic rings. The van der Waals surface area contributed by atoms with E-state index in [0.717, 1.165) is 17.2 Å². The van der Waals surface area contributed by atoms with Gasteiger partial charge in [0.25, 0.3) is 0 Å². The number of hydrogen-bond donors (Lipinski definition) is 1. The lowest BCUT2D eigenvalue weighted by Crippen LogP contribution is -2.24. The first-order valence-corrected chi connectivity index (χ1v) is 6.65. The number of hydrogen-bond acceptors (Lipinski definition) is 4. The number of nitrogens with zero attached hydrogens (tertiary/aromatic N) is 2. The zero-order chi connectivity index (χ0) is 11.4. The topological polar surface area (TPSA) is 48.7 Å². The van der Waals surface area contributed by atoms with E-state index in [1.807, 2.05) is 17.8 Å². The predicted molar refractivity (Wildman–Crippen MR) is 67.5 cm³/mol. The molecule has 0 amide bonds. The monoisotopic (exact) mass is 233 g/mol. The highest BCUT2D eigenvalue weighted by Gasteiger charge is 2.42. The van der Waals surface area contributed by atoms with E-state index in [9.17, 15) is 0 Å². The number of aromatic nitrogens is 1. The summed E-state index contributed by atoms with van der Waals surface area (Å²) in [5.74, 6) is 2.27. The Labute approximate surface area is 100 Å². The van der Waals surface area contributed by atoms with E-state index in [4.69, 9.17) is 5.26 Å². The van der Waals surface area contributed by atoms with Crippen LogP contribution in [0.2, 0.25) is 0 Å². The molecule has 1 heterocycles. The van der Waals surface area contributed by atoms with Crippen LogP contribution in [0, 0.1) is 11.3 Å². The lowest BCUT2D eigenvalue weighted by molar-refractivity contribution is 0.842. The number of nitrogens with one attached hydrogen (secondary N) is 1. The van der Waals surface area contributed by atoms with Gasteiger partial charge >= 0.3 is 0 Å². The zero-order valence-electron chi connectivity index (χ0n) is 9.36. The standard InChI is InChI=1S/C12H15N3S/c1-2-16-9-12(4-5-12)15-11-3-6-14-8-10(11)7-13/h3,6,8H,2,4-5,9H2,1H3,(H,14,15). The third kappa shape index (κ3) is 2.48. The van der Waals surface area contributed by atoms with Crippen molar-refractivity contribution in [1.29, 1.82) is 5.26 Å². The van der Waals surface area contributed by atoms with Crippen molar-refractivity contribution in [2.24, 2.45) is 0 Å². The van der Waals surface area contributed by atoms with Crippen molar-refractivity contribution >= 4 is 17.4 Å². The zero-order valence-corrected chi connectivity index (χ0v) is 10.2. The Bertz CT molecular complexity index is 407. The largest absolute Gasteiger partial charge is 0.378 e. The van der Waals surface area contributed by atoms with Gasteiger partial charge in [-0.25, -0.2) is 0 Å². The quantitative estimate of drug-likeness (QED) is 0.849. The lowest BCUT2D eigenvalue weighted by atomic mass is 10.2. The summed E-state index contributed by atoms with van der Waals surface area (Å²) in [6, 6.07) is 4.05. The molecule has 1 fully saturated rings. The van der Waals surface area contributed by atoms with Crippen molar-refractivity contribution in [2.45, 2.75) is 25.3 Å². The van der Waals surface area contributed by atoms with Gasteiger partial charge in [-0.3, -0.25) is 4.98 Å². The highest BCUT2D eigenvalue weighted by molar-refractivity contribution is 7.99. The first-order chi connectivity index (χ1) is 7.79. The molecule has 3 nitrogen and oxygen atoms in total. The van der Waals surface area contributed by atoms with E-state index in [-0.39, 0.29) is 5.54 Å². The first-order valence-electron chi connectivity index (χ1n) is 5.50. The van der Waals surface area contributed by atoms with Gasteiger partial charge in [0.2, 0.25) is 0 Å². The highest BCUT2D eigenvalue weighted by Crippen LogP contribution is 2.41. The first kappa shape index (κ1) is 11.3. The van der Waals surface area contributed by atoms with Crippen LogP contribution in [-0.2, 0) is 0 Å². The molecule has 0 aliphatic heterocycles. The molecule has 0 atom stereocenters. The van der Waals surface area contributed by atoms with Gasteiger partial charge in [0, 0.05) is 23.7 Å². The molecule has 1 N–H and O–H groups in total. The number of anilines is 1. The molecule has 4 heteroatoms. The van der Waals surface area contributed by atoms with Gasteiger partial charge in [-0.15, -0.1) is 0 Å². The predicted octanol–water partition coefficient (Wildman–Crippen LogP) is 2.65. The molecule has 1 aromatic heterocycles. The van der Waals surface area contributed by atoms with Crippen LogP contribution in [0.25, 0.3) is 0 Å². The summed E-state index contributed by atoms with van der Waals surface area (Å²) in [7, 11) is 0. The Morgan fingerprint density at radius 1 is 1.62 bits per heavy atom. The molecule has 0 spiro atoms. The smallest absolute Gasteiger partial charge is 0.103 e. The van der Waals surface area contributed by atoms with Crippen molar-refractivity contribution in [1.82, 2.24) is 4.98 Å². The lowest BCUT2D eigenvalue weighted by Gasteiger charge is -2.18. The maximum atomic E-state index is 8.98. The minimum Gasteiger partial charge on any atom is -0.378 e. The maximum absolute atomic E-state index is 8.98. The van der Waals surface area contributed by atoms with Gasteiger partial charge in [0.1, 0.15) is 6.07 Å². The summed E-state index contributed by atoms with van der Waals surface area (Å²) in [6.07, 6.45) is 5.75. The molecule has 1 aliphatic carbocycles. The second kappa shape index (κ2) is 4.75. The Morgan fingerprint density at radius 2 is 2.44 bits per heavy atom. The van der Waals surface area contributed by atoms with E-state index < -0.39 is 0 Å².